The fourth-order valence-electron chi connectivity index (χ4n) is 3.99. The van der Waals surface area contributed by atoms with Crippen LogP contribution in [0.25, 0.3) is 16.5 Å². The second-order valence-corrected chi connectivity index (χ2v) is 7.68. The van der Waals surface area contributed by atoms with E-state index in [9.17, 15) is 9.59 Å². The largest absolute Gasteiger partial charge is 0.322 e. The number of hydrogen-bond acceptors (Lipinski definition) is 4. The number of nitrogens with one attached hydrogen (secondary N) is 1. The van der Waals surface area contributed by atoms with Crippen molar-refractivity contribution in [2.75, 3.05) is 10.2 Å². The maximum absolute atomic E-state index is 13.3. The van der Waals surface area contributed by atoms with Gasteiger partial charge in [-0.3, -0.25) is 14.6 Å². The van der Waals surface area contributed by atoms with Crippen molar-refractivity contribution in [3.05, 3.63) is 108 Å². The minimum absolute atomic E-state index is 0.253. The zero-order chi connectivity index (χ0) is 22.8. The summed E-state index contributed by atoms with van der Waals surface area (Å²) in [6.45, 7) is 0.308. The Balaban J connectivity index is 1.43. The predicted molar refractivity (Wildman–Crippen MR) is 127 cm³/mol. The van der Waals surface area contributed by atoms with Crippen LogP contribution in [-0.2, 0) is 16.1 Å². The molecule has 0 saturated heterocycles. The number of para-hydroxylation sites is 1. The number of fused-ring (bicyclic) bond motifs is 2. The molecule has 5 rings (SSSR count). The SMILES string of the molecule is N#Cc1cccc(CN2C(=O)/C(=C/C(=O)Nc3ccc4ncccc4c3)c3ccccc32)c1. The standard InChI is InChI=1S/C27H18N4O2/c28-16-18-5-3-6-19(13-18)17-31-25-9-2-1-8-22(25)23(27(31)33)15-26(32)30-21-10-11-24-20(14-21)7-4-12-29-24/h1-15H,17H2,(H,30,32)/b23-15+. The molecule has 6 nitrogen and oxygen atoms in total. The summed E-state index contributed by atoms with van der Waals surface area (Å²) in [5, 5.41) is 12.9. The number of nitrogens with zero attached hydrogens (tertiary/aromatic N) is 3. The van der Waals surface area contributed by atoms with E-state index in [2.05, 4.69) is 16.4 Å². The zero-order valence-electron chi connectivity index (χ0n) is 17.5. The van der Waals surface area contributed by atoms with E-state index in [1.54, 1.807) is 35.4 Å². The van der Waals surface area contributed by atoms with Crippen molar-refractivity contribution in [2.45, 2.75) is 6.54 Å². The lowest BCUT2D eigenvalue weighted by Crippen LogP contribution is -2.26. The fraction of sp³-hybridized carbons (Fsp3) is 0.0370. The topological polar surface area (TPSA) is 86.1 Å². The molecule has 0 bridgehead atoms. The van der Waals surface area contributed by atoms with E-state index in [4.69, 9.17) is 5.26 Å². The second kappa shape index (κ2) is 8.40. The third kappa shape index (κ3) is 3.95. The van der Waals surface area contributed by atoms with Crippen molar-refractivity contribution in [1.29, 1.82) is 5.26 Å². The minimum atomic E-state index is -0.385. The third-order valence-electron chi connectivity index (χ3n) is 5.50. The van der Waals surface area contributed by atoms with Gasteiger partial charge in [-0.15, -0.1) is 0 Å². The molecule has 1 aromatic heterocycles. The molecule has 4 aromatic rings. The highest BCUT2D eigenvalue weighted by molar-refractivity contribution is 6.35. The summed E-state index contributed by atoms with van der Waals surface area (Å²) in [7, 11) is 0. The van der Waals surface area contributed by atoms with Crippen LogP contribution in [0.1, 0.15) is 16.7 Å². The van der Waals surface area contributed by atoms with Crippen LogP contribution in [0.15, 0.2) is 91.1 Å². The first-order valence-corrected chi connectivity index (χ1v) is 10.4. The predicted octanol–water partition coefficient (Wildman–Crippen LogP) is 4.68. The molecular formula is C27H18N4O2. The first-order chi connectivity index (χ1) is 16.1. The highest BCUT2D eigenvalue weighted by Gasteiger charge is 2.32. The molecule has 0 saturated carbocycles. The lowest BCUT2D eigenvalue weighted by molar-refractivity contribution is -0.114. The van der Waals surface area contributed by atoms with E-state index >= 15 is 0 Å². The van der Waals surface area contributed by atoms with Crippen LogP contribution in [0.3, 0.4) is 0 Å². The minimum Gasteiger partial charge on any atom is -0.322 e. The highest BCUT2D eigenvalue weighted by Crippen LogP contribution is 2.37. The van der Waals surface area contributed by atoms with E-state index in [0.29, 0.717) is 28.9 Å². The van der Waals surface area contributed by atoms with Crippen molar-refractivity contribution in [2.24, 2.45) is 0 Å². The van der Waals surface area contributed by atoms with Gasteiger partial charge in [-0.25, -0.2) is 0 Å². The number of benzene rings is 3. The number of nitriles is 1. The Bertz CT molecular complexity index is 1480. The van der Waals surface area contributed by atoms with Gasteiger partial charge in [0.15, 0.2) is 0 Å². The molecular weight excluding hydrogens is 412 g/mol. The smallest absolute Gasteiger partial charge is 0.259 e. The summed E-state index contributed by atoms with van der Waals surface area (Å²) < 4.78 is 0. The van der Waals surface area contributed by atoms with Crippen LogP contribution in [0.5, 0.6) is 0 Å². The summed E-state index contributed by atoms with van der Waals surface area (Å²) in [5.41, 5.74) is 4.62. The Morgan fingerprint density at radius 1 is 1.03 bits per heavy atom. The molecule has 1 N–H and O–H groups in total. The number of pyridine rings is 1. The van der Waals surface area contributed by atoms with Gasteiger partial charge in [-0.2, -0.15) is 5.26 Å². The lowest BCUT2D eigenvalue weighted by atomic mass is 10.1. The summed E-state index contributed by atoms with van der Waals surface area (Å²) in [6.07, 6.45) is 3.07. The Hall–Kier alpha value is -4.76. The van der Waals surface area contributed by atoms with Gasteiger partial charge < -0.3 is 10.2 Å². The van der Waals surface area contributed by atoms with Crippen LogP contribution < -0.4 is 10.2 Å². The zero-order valence-corrected chi connectivity index (χ0v) is 17.5. The van der Waals surface area contributed by atoms with Gasteiger partial charge in [-0.05, 0) is 48.0 Å². The number of rotatable bonds is 4. The normalized spacial score (nSPS) is 13.7. The van der Waals surface area contributed by atoms with Gasteiger partial charge in [0.2, 0.25) is 5.91 Å². The number of amides is 2. The second-order valence-electron chi connectivity index (χ2n) is 7.68. The van der Waals surface area contributed by atoms with E-state index in [0.717, 1.165) is 22.2 Å². The molecule has 3 aromatic carbocycles. The summed E-state index contributed by atoms with van der Waals surface area (Å²) >= 11 is 0. The lowest BCUT2D eigenvalue weighted by Gasteiger charge is -2.17. The van der Waals surface area contributed by atoms with Crippen LogP contribution >= 0.6 is 0 Å². The summed E-state index contributed by atoms with van der Waals surface area (Å²) in [5.74, 6) is -0.638. The molecule has 1 aliphatic rings. The Morgan fingerprint density at radius 2 is 1.91 bits per heavy atom. The van der Waals surface area contributed by atoms with E-state index < -0.39 is 0 Å². The van der Waals surface area contributed by atoms with Gasteiger partial charge in [0.1, 0.15) is 0 Å². The molecule has 0 fully saturated rings. The average molecular weight is 430 g/mol. The number of anilines is 2. The average Bonchev–Trinajstić information content (AvgIpc) is 3.10. The Kier molecular flexibility index (Phi) is 5.13. The van der Waals surface area contributed by atoms with E-state index in [1.807, 2.05) is 54.6 Å². The van der Waals surface area contributed by atoms with Crippen molar-refractivity contribution in [3.8, 4) is 6.07 Å². The van der Waals surface area contributed by atoms with Gasteiger partial charge >= 0.3 is 0 Å². The number of aromatic nitrogens is 1. The van der Waals surface area contributed by atoms with Crippen molar-refractivity contribution < 1.29 is 9.59 Å². The molecule has 0 radical (unpaired) electrons. The van der Waals surface area contributed by atoms with Crippen molar-refractivity contribution >= 4 is 39.7 Å². The Morgan fingerprint density at radius 3 is 2.79 bits per heavy atom. The van der Waals surface area contributed by atoms with Crippen molar-refractivity contribution in [1.82, 2.24) is 4.98 Å². The number of carbonyl (C=O) groups excluding carboxylic acids is 2. The molecule has 158 valence electrons. The third-order valence-corrected chi connectivity index (χ3v) is 5.50. The quantitative estimate of drug-likeness (QED) is 0.477. The number of hydrogen-bond donors (Lipinski definition) is 1. The van der Waals surface area contributed by atoms with Crippen LogP contribution in [0.2, 0.25) is 0 Å². The maximum atomic E-state index is 13.3. The molecule has 1 aliphatic heterocycles. The Labute approximate surface area is 190 Å². The molecule has 0 atom stereocenters. The first kappa shape index (κ1) is 20.2. The molecule has 2 heterocycles. The van der Waals surface area contributed by atoms with Crippen LogP contribution in [0.4, 0.5) is 11.4 Å². The molecule has 0 spiro atoms. The van der Waals surface area contributed by atoms with Crippen molar-refractivity contribution in [3.63, 3.8) is 0 Å². The summed E-state index contributed by atoms with van der Waals surface area (Å²) in [4.78, 5) is 32.0. The van der Waals surface area contributed by atoms with Crippen LogP contribution in [0, 0.1) is 11.3 Å². The van der Waals surface area contributed by atoms with E-state index in [1.165, 1.54) is 6.08 Å². The van der Waals surface area contributed by atoms with Gasteiger partial charge in [-0.1, -0.05) is 36.4 Å². The summed E-state index contributed by atoms with van der Waals surface area (Å²) in [6, 6.07) is 25.9. The van der Waals surface area contributed by atoms with E-state index in [-0.39, 0.29) is 11.8 Å². The monoisotopic (exact) mass is 430 g/mol. The van der Waals surface area contributed by atoms with Gasteiger partial charge in [0.25, 0.3) is 5.91 Å². The molecule has 0 aliphatic carbocycles. The first-order valence-electron chi connectivity index (χ1n) is 10.4. The molecule has 33 heavy (non-hydrogen) atoms. The number of carbonyl (C=O) groups is 2. The molecule has 2 amide bonds. The highest BCUT2D eigenvalue weighted by atomic mass is 16.2. The van der Waals surface area contributed by atoms with Gasteiger partial charge in [0.05, 0.1) is 35.0 Å². The molecule has 6 heteroatoms. The maximum Gasteiger partial charge on any atom is 0.259 e. The van der Waals surface area contributed by atoms with Gasteiger partial charge in [0, 0.05) is 28.9 Å². The fourth-order valence-corrected chi connectivity index (χ4v) is 3.99. The molecule has 0 unspecified atom stereocenters. The van der Waals surface area contributed by atoms with Crippen LogP contribution in [-0.4, -0.2) is 16.8 Å².